The van der Waals surface area contributed by atoms with Crippen LogP contribution in [0.1, 0.15) is 51.6 Å². The molecule has 3 rings (SSSR count). The second kappa shape index (κ2) is 9.11. The summed E-state index contributed by atoms with van der Waals surface area (Å²) in [6.07, 6.45) is 2.77. The van der Waals surface area contributed by atoms with Gasteiger partial charge in [-0.15, -0.1) is 0 Å². The summed E-state index contributed by atoms with van der Waals surface area (Å²) in [6, 6.07) is 8.26. The van der Waals surface area contributed by atoms with Gasteiger partial charge in [-0.25, -0.2) is 15.0 Å². The molecule has 7 heteroatoms. The first-order valence-corrected chi connectivity index (χ1v) is 10.3. The van der Waals surface area contributed by atoms with Gasteiger partial charge in [0.25, 0.3) is 0 Å². The molecule has 0 amide bonds. The average Bonchev–Trinajstić information content (AvgIpc) is 3.27. The third-order valence-electron chi connectivity index (χ3n) is 4.71. The molecule has 2 heterocycles. The highest BCUT2D eigenvalue weighted by molar-refractivity contribution is 5.79. The van der Waals surface area contributed by atoms with E-state index in [1.54, 1.807) is 6.20 Å². The van der Waals surface area contributed by atoms with Gasteiger partial charge in [-0.05, 0) is 32.4 Å². The van der Waals surface area contributed by atoms with E-state index in [9.17, 15) is 0 Å². The number of benzene rings is 1. The first kappa shape index (κ1) is 20.9. The molecule has 1 aromatic carbocycles. The lowest BCUT2D eigenvalue weighted by atomic mass is 9.94. The minimum atomic E-state index is -0.0483. The summed E-state index contributed by atoms with van der Waals surface area (Å²) in [5.74, 6) is 3.33. The van der Waals surface area contributed by atoms with Crippen LogP contribution in [0.5, 0.6) is 0 Å². The summed E-state index contributed by atoms with van der Waals surface area (Å²) in [7, 11) is 0. The molecule has 2 N–H and O–H groups in total. The molecule has 0 unspecified atom stereocenters. The Morgan fingerprint density at radius 3 is 2.72 bits per heavy atom. The van der Waals surface area contributed by atoms with Crippen molar-refractivity contribution < 1.29 is 4.42 Å². The molecule has 0 fully saturated rings. The number of fused-ring (bicyclic) bond motifs is 1. The van der Waals surface area contributed by atoms with E-state index in [1.165, 1.54) is 5.52 Å². The summed E-state index contributed by atoms with van der Waals surface area (Å²) in [4.78, 5) is 13.6. The molecular formula is C22H32N6O. The number of hydrogen-bond donors (Lipinski definition) is 2. The van der Waals surface area contributed by atoms with Crippen LogP contribution in [0.2, 0.25) is 0 Å². The van der Waals surface area contributed by atoms with Crippen LogP contribution in [-0.4, -0.2) is 33.6 Å². The van der Waals surface area contributed by atoms with Gasteiger partial charge in [0.05, 0.1) is 17.2 Å². The number of para-hydroxylation sites is 2. The third-order valence-corrected chi connectivity index (χ3v) is 4.71. The molecule has 0 atom stereocenters. The summed E-state index contributed by atoms with van der Waals surface area (Å²) in [5, 5.41) is 6.67. The Balaban J connectivity index is 1.54. The summed E-state index contributed by atoms with van der Waals surface area (Å²) in [5.41, 5.74) is 2.19. The number of aromatic nitrogens is 3. The van der Waals surface area contributed by atoms with Crippen molar-refractivity contribution in [2.75, 3.05) is 13.1 Å². The van der Waals surface area contributed by atoms with Crippen molar-refractivity contribution in [3.8, 4) is 0 Å². The van der Waals surface area contributed by atoms with Gasteiger partial charge in [0.1, 0.15) is 18.1 Å². The summed E-state index contributed by atoms with van der Waals surface area (Å²) in [6.45, 7) is 13.4. The zero-order chi connectivity index (χ0) is 20.9. The van der Waals surface area contributed by atoms with Gasteiger partial charge in [0.15, 0.2) is 5.96 Å². The van der Waals surface area contributed by atoms with Crippen molar-refractivity contribution in [1.29, 1.82) is 0 Å². The lowest BCUT2D eigenvalue weighted by molar-refractivity contribution is 0.383. The molecule has 7 nitrogen and oxygen atoms in total. The van der Waals surface area contributed by atoms with Crippen LogP contribution >= 0.6 is 0 Å². The van der Waals surface area contributed by atoms with E-state index in [-0.39, 0.29) is 5.41 Å². The van der Waals surface area contributed by atoms with Gasteiger partial charge in [0.2, 0.25) is 5.89 Å². The van der Waals surface area contributed by atoms with Gasteiger partial charge in [-0.3, -0.25) is 0 Å². The zero-order valence-electron chi connectivity index (χ0n) is 18.1. The number of rotatable bonds is 7. The standard InChI is InChI=1S/C22H32N6O/c1-6-23-21(26-15-20-25-14-19(29-20)22(3,4)5)24-12-9-13-28-16(2)27-17-10-7-8-11-18(17)28/h7-8,10-11,14H,6,9,12-13,15H2,1-5H3,(H2,23,24,26). The van der Waals surface area contributed by atoms with Gasteiger partial charge < -0.3 is 19.6 Å². The topological polar surface area (TPSA) is 80.3 Å². The quantitative estimate of drug-likeness (QED) is 0.361. The van der Waals surface area contributed by atoms with Gasteiger partial charge in [0, 0.05) is 25.0 Å². The zero-order valence-corrected chi connectivity index (χ0v) is 18.1. The molecule has 0 saturated heterocycles. The molecule has 3 aromatic rings. The monoisotopic (exact) mass is 396 g/mol. The van der Waals surface area contributed by atoms with Crippen LogP contribution in [0.15, 0.2) is 39.9 Å². The van der Waals surface area contributed by atoms with Crippen LogP contribution in [0.25, 0.3) is 11.0 Å². The van der Waals surface area contributed by atoms with Gasteiger partial charge >= 0.3 is 0 Å². The predicted octanol–water partition coefficient (Wildman–Crippen LogP) is 3.78. The summed E-state index contributed by atoms with van der Waals surface area (Å²) >= 11 is 0. The average molecular weight is 397 g/mol. The highest BCUT2D eigenvalue weighted by Gasteiger charge is 2.19. The molecule has 29 heavy (non-hydrogen) atoms. The number of guanidine groups is 1. The van der Waals surface area contributed by atoms with Crippen LogP contribution < -0.4 is 10.6 Å². The summed E-state index contributed by atoms with van der Waals surface area (Å²) < 4.78 is 8.09. The Bertz CT molecular complexity index is 963. The molecule has 0 saturated carbocycles. The minimum absolute atomic E-state index is 0.0483. The maximum Gasteiger partial charge on any atom is 0.216 e. The highest BCUT2D eigenvalue weighted by atomic mass is 16.4. The van der Waals surface area contributed by atoms with E-state index in [0.29, 0.717) is 12.4 Å². The number of hydrogen-bond acceptors (Lipinski definition) is 4. The first-order valence-electron chi connectivity index (χ1n) is 10.3. The van der Waals surface area contributed by atoms with Crippen molar-refractivity contribution >= 4 is 17.0 Å². The highest BCUT2D eigenvalue weighted by Crippen LogP contribution is 2.22. The molecule has 0 radical (unpaired) electrons. The Hall–Kier alpha value is -2.83. The van der Waals surface area contributed by atoms with E-state index in [2.05, 4.69) is 83.0 Å². The fourth-order valence-electron chi connectivity index (χ4n) is 3.14. The second-order valence-electron chi connectivity index (χ2n) is 8.14. The number of aliphatic imine (C=N–C) groups is 1. The number of nitrogens with one attached hydrogen (secondary N) is 2. The first-order chi connectivity index (χ1) is 13.9. The Kier molecular flexibility index (Phi) is 6.56. The molecular weight excluding hydrogens is 364 g/mol. The Labute approximate surface area is 172 Å². The number of imidazole rings is 1. The van der Waals surface area contributed by atoms with Gasteiger partial charge in [-0.2, -0.15) is 0 Å². The van der Waals surface area contributed by atoms with Crippen LogP contribution in [0.3, 0.4) is 0 Å². The van der Waals surface area contributed by atoms with Crippen molar-refractivity contribution in [3.63, 3.8) is 0 Å². The van der Waals surface area contributed by atoms with E-state index in [4.69, 9.17) is 4.42 Å². The lowest BCUT2D eigenvalue weighted by Gasteiger charge is -2.13. The maximum absolute atomic E-state index is 5.82. The Morgan fingerprint density at radius 1 is 1.21 bits per heavy atom. The molecule has 156 valence electrons. The minimum Gasteiger partial charge on any atom is -0.443 e. The number of oxazole rings is 1. The molecule has 0 bridgehead atoms. The molecule has 0 aliphatic carbocycles. The van der Waals surface area contributed by atoms with E-state index in [0.717, 1.165) is 49.1 Å². The fraction of sp³-hybridized carbons (Fsp3) is 0.500. The van der Waals surface area contributed by atoms with E-state index in [1.807, 2.05) is 6.07 Å². The van der Waals surface area contributed by atoms with Crippen molar-refractivity contribution in [2.24, 2.45) is 4.99 Å². The van der Waals surface area contributed by atoms with E-state index >= 15 is 0 Å². The fourth-order valence-corrected chi connectivity index (χ4v) is 3.14. The third kappa shape index (κ3) is 5.37. The SMILES string of the molecule is CCNC(=NCc1ncc(C(C)(C)C)o1)NCCCn1c(C)nc2ccccc21. The van der Waals surface area contributed by atoms with Gasteiger partial charge in [-0.1, -0.05) is 32.9 Å². The lowest BCUT2D eigenvalue weighted by Crippen LogP contribution is -2.38. The molecule has 2 aromatic heterocycles. The van der Waals surface area contributed by atoms with E-state index < -0.39 is 0 Å². The van der Waals surface area contributed by atoms with Crippen molar-refractivity contribution in [1.82, 2.24) is 25.2 Å². The van der Waals surface area contributed by atoms with Crippen molar-refractivity contribution in [3.05, 3.63) is 47.9 Å². The Morgan fingerprint density at radius 2 is 2.00 bits per heavy atom. The molecule has 0 aliphatic heterocycles. The van der Waals surface area contributed by atoms with Crippen LogP contribution in [0, 0.1) is 6.92 Å². The molecule has 0 aliphatic rings. The largest absolute Gasteiger partial charge is 0.443 e. The number of aryl methyl sites for hydroxylation is 2. The van der Waals surface area contributed by atoms with Crippen molar-refractivity contribution in [2.45, 2.75) is 59.5 Å². The normalized spacial score (nSPS) is 12.5. The predicted molar refractivity (Wildman–Crippen MR) is 117 cm³/mol. The molecule has 0 spiro atoms. The van der Waals surface area contributed by atoms with Crippen LogP contribution in [0.4, 0.5) is 0 Å². The second-order valence-corrected chi connectivity index (χ2v) is 8.14. The number of nitrogens with zero attached hydrogens (tertiary/aromatic N) is 4. The maximum atomic E-state index is 5.82. The smallest absolute Gasteiger partial charge is 0.216 e. The van der Waals surface area contributed by atoms with Crippen LogP contribution in [-0.2, 0) is 18.5 Å².